The van der Waals surface area contributed by atoms with E-state index in [0.29, 0.717) is 18.9 Å². The summed E-state index contributed by atoms with van der Waals surface area (Å²) in [5, 5.41) is 3.03. The van der Waals surface area contributed by atoms with Crippen molar-refractivity contribution in [3.63, 3.8) is 0 Å². The van der Waals surface area contributed by atoms with Crippen LogP contribution in [0.2, 0.25) is 0 Å². The van der Waals surface area contributed by atoms with Crippen LogP contribution < -0.4 is 5.32 Å². The summed E-state index contributed by atoms with van der Waals surface area (Å²) in [6.07, 6.45) is 7.00. The van der Waals surface area contributed by atoms with Gasteiger partial charge >= 0.3 is 0 Å². The molecule has 120 valence electrons. The van der Waals surface area contributed by atoms with E-state index < -0.39 is 5.41 Å². The topological polar surface area (TPSA) is 36.7 Å². The van der Waals surface area contributed by atoms with Crippen LogP contribution in [0, 0.1) is 12.5 Å². The maximum absolute atomic E-state index is 12.7. The van der Waals surface area contributed by atoms with Gasteiger partial charge in [0.15, 0.2) is 0 Å². The Hall–Kier alpha value is -1.86. The molecule has 1 amide bonds. The van der Waals surface area contributed by atoms with Gasteiger partial charge in [0.05, 0.1) is 11.8 Å². The molecule has 1 aliphatic carbocycles. The number of amides is 1. The SMILES string of the molecule is [C-]#[N+][C@@H]1C[C@@]2(CN1CC1CCCCC1)C(=O)Nc1ccccc12. The molecule has 1 aromatic rings. The van der Waals surface area contributed by atoms with Crippen LogP contribution >= 0.6 is 0 Å². The number of nitrogens with one attached hydrogen (secondary N) is 1. The van der Waals surface area contributed by atoms with Gasteiger partial charge in [-0.25, -0.2) is 11.5 Å². The van der Waals surface area contributed by atoms with Crippen LogP contribution in [0.3, 0.4) is 0 Å². The van der Waals surface area contributed by atoms with Crippen molar-refractivity contribution < 1.29 is 4.79 Å². The van der Waals surface area contributed by atoms with Crippen LogP contribution in [0.15, 0.2) is 24.3 Å². The predicted molar refractivity (Wildman–Crippen MR) is 89.9 cm³/mol. The Morgan fingerprint density at radius 1 is 1.26 bits per heavy atom. The Bertz CT molecular complexity index is 659. The van der Waals surface area contributed by atoms with Crippen LogP contribution in [0.25, 0.3) is 4.85 Å². The molecular formula is C19H23N3O. The Balaban J connectivity index is 1.60. The third kappa shape index (κ3) is 2.35. The van der Waals surface area contributed by atoms with Crippen molar-refractivity contribution in [2.75, 3.05) is 18.4 Å². The third-order valence-electron chi connectivity index (χ3n) is 5.92. The van der Waals surface area contributed by atoms with Gasteiger partial charge in [0.2, 0.25) is 5.91 Å². The lowest BCUT2D eigenvalue weighted by Crippen LogP contribution is -2.39. The molecule has 4 heteroatoms. The van der Waals surface area contributed by atoms with Gasteiger partial charge in [-0.2, -0.15) is 0 Å². The zero-order valence-corrected chi connectivity index (χ0v) is 13.4. The highest BCUT2D eigenvalue weighted by Gasteiger charge is 2.57. The molecule has 0 unspecified atom stereocenters. The first-order chi connectivity index (χ1) is 11.2. The number of carbonyl (C=O) groups is 1. The second-order valence-corrected chi connectivity index (χ2v) is 7.33. The Kier molecular flexibility index (Phi) is 3.61. The van der Waals surface area contributed by atoms with Gasteiger partial charge in [-0.1, -0.05) is 37.5 Å². The first-order valence-corrected chi connectivity index (χ1v) is 8.74. The lowest BCUT2D eigenvalue weighted by molar-refractivity contribution is -0.120. The second kappa shape index (κ2) is 5.65. The number of para-hydroxylation sites is 1. The van der Waals surface area contributed by atoms with E-state index >= 15 is 0 Å². The number of hydrogen-bond acceptors (Lipinski definition) is 2. The van der Waals surface area contributed by atoms with Crippen molar-refractivity contribution >= 4 is 11.6 Å². The minimum Gasteiger partial charge on any atom is -0.325 e. The number of carbonyl (C=O) groups excluding carboxylic acids is 1. The van der Waals surface area contributed by atoms with E-state index in [2.05, 4.69) is 21.1 Å². The number of hydrogen-bond donors (Lipinski definition) is 1. The molecule has 1 saturated heterocycles. The van der Waals surface area contributed by atoms with E-state index in [9.17, 15) is 4.79 Å². The molecule has 2 aliphatic heterocycles. The largest absolute Gasteiger partial charge is 0.325 e. The van der Waals surface area contributed by atoms with Crippen molar-refractivity contribution in [2.45, 2.75) is 50.1 Å². The molecule has 4 rings (SSSR count). The molecule has 1 aromatic carbocycles. The zero-order chi connectivity index (χ0) is 15.9. The molecular weight excluding hydrogens is 286 g/mol. The van der Waals surface area contributed by atoms with E-state index in [4.69, 9.17) is 6.57 Å². The van der Waals surface area contributed by atoms with E-state index in [-0.39, 0.29) is 12.1 Å². The molecule has 23 heavy (non-hydrogen) atoms. The first kappa shape index (κ1) is 14.7. The molecule has 2 atom stereocenters. The van der Waals surface area contributed by atoms with Crippen LogP contribution in [0.4, 0.5) is 5.69 Å². The molecule has 0 aromatic heterocycles. The molecule has 1 saturated carbocycles. The summed E-state index contributed by atoms with van der Waals surface area (Å²) in [4.78, 5) is 18.9. The molecule has 4 nitrogen and oxygen atoms in total. The van der Waals surface area contributed by atoms with Gasteiger partial charge in [0, 0.05) is 18.8 Å². The fraction of sp³-hybridized carbons (Fsp3) is 0.579. The highest BCUT2D eigenvalue weighted by molar-refractivity contribution is 6.06. The zero-order valence-electron chi connectivity index (χ0n) is 13.4. The van der Waals surface area contributed by atoms with Gasteiger partial charge in [-0.05, 0) is 30.4 Å². The lowest BCUT2D eigenvalue weighted by Gasteiger charge is -2.27. The van der Waals surface area contributed by atoms with E-state index in [1.807, 2.05) is 18.2 Å². The number of rotatable bonds is 2. The number of benzene rings is 1. The molecule has 3 aliphatic rings. The first-order valence-electron chi connectivity index (χ1n) is 8.74. The van der Waals surface area contributed by atoms with Crippen LogP contribution in [-0.4, -0.2) is 30.1 Å². The summed E-state index contributed by atoms with van der Waals surface area (Å²) in [5.74, 6) is 0.779. The van der Waals surface area contributed by atoms with Crippen LogP contribution in [-0.2, 0) is 10.2 Å². The van der Waals surface area contributed by atoms with Crippen molar-refractivity contribution in [1.82, 2.24) is 4.90 Å². The summed E-state index contributed by atoms with van der Waals surface area (Å²) < 4.78 is 0. The molecule has 1 N–H and O–H groups in total. The number of fused-ring (bicyclic) bond motifs is 2. The molecule has 2 fully saturated rings. The smallest absolute Gasteiger partial charge is 0.281 e. The van der Waals surface area contributed by atoms with Gasteiger partial charge in [0.1, 0.15) is 0 Å². The molecule has 0 bridgehead atoms. The Labute approximate surface area is 137 Å². The summed E-state index contributed by atoms with van der Waals surface area (Å²) in [6, 6.07) is 7.98. The van der Waals surface area contributed by atoms with Crippen LogP contribution in [0.5, 0.6) is 0 Å². The van der Waals surface area contributed by atoms with E-state index in [1.54, 1.807) is 0 Å². The average molecular weight is 309 g/mol. The third-order valence-corrected chi connectivity index (χ3v) is 5.92. The Morgan fingerprint density at radius 3 is 2.83 bits per heavy atom. The monoisotopic (exact) mass is 309 g/mol. The highest BCUT2D eigenvalue weighted by atomic mass is 16.2. The summed E-state index contributed by atoms with van der Waals surface area (Å²) >= 11 is 0. The number of likely N-dealkylation sites (tertiary alicyclic amines) is 1. The van der Waals surface area contributed by atoms with Gasteiger partial charge in [-0.3, -0.25) is 9.64 Å². The predicted octanol–water partition coefficient (Wildman–Crippen LogP) is 3.41. The average Bonchev–Trinajstić information content (AvgIpc) is 3.08. The minimum atomic E-state index is -0.513. The standard InChI is InChI=1S/C19H23N3O/c1-20-17-11-19(13-22(17)12-14-7-3-2-4-8-14)15-9-5-6-10-16(15)21-18(19)23/h5-6,9-10,14,17H,2-4,7-8,11-13H2,(H,21,23)/t17-,19-/m0/s1. The van der Waals surface area contributed by atoms with Gasteiger partial charge in [-0.15, -0.1) is 0 Å². The second-order valence-electron chi connectivity index (χ2n) is 7.33. The van der Waals surface area contributed by atoms with Gasteiger partial charge < -0.3 is 5.32 Å². The van der Waals surface area contributed by atoms with E-state index in [0.717, 1.165) is 17.8 Å². The summed E-state index contributed by atoms with van der Waals surface area (Å²) in [7, 11) is 0. The fourth-order valence-corrected chi connectivity index (χ4v) is 4.71. The highest BCUT2D eigenvalue weighted by Crippen LogP contribution is 2.47. The Morgan fingerprint density at radius 2 is 2.04 bits per heavy atom. The summed E-state index contributed by atoms with van der Waals surface area (Å²) in [6.45, 7) is 9.27. The van der Waals surface area contributed by atoms with Crippen molar-refractivity contribution in [2.24, 2.45) is 5.92 Å². The molecule has 0 radical (unpaired) electrons. The lowest BCUT2D eigenvalue weighted by atomic mass is 9.80. The molecule has 2 heterocycles. The quantitative estimate of drug-likeness (QED) is 0.850. The van der Waals surface area contributed by atoms with E-state index in [1.165, 1.54) is 32.1 Å². The van der Waals surface area contributed by atoms with Crippen molar-refractivity contribution in [3.8, 4) is 0 Å². The number of anilines is 1. The normalized spacial score (nSPS) is 31.1. The summed E-state index contributed by atoms with van der Waals surface area (Å²) in [5.41, 5.74) is 1.51. The number of nitrogens with zero attached hydrogens (tertiary/aromatic N) is 2. The van der Waals surface area contributed by atoms with Crippen molar-refractivity contribution in [3.05, 3.63) is 41.2 Å². The molecule has 1 spiro atoms. The van der Waals surface area contributed by atoms with Gasteiger partial charge in [0.25, 0.3) is 6.17 Å². The maximum atomic E-state index is 12.7. The fourth-order valence-electron chi connectivity index (χ4n) is 4.71. The minimum absolute atomic E-state index is 0.0819. The van der Waals surface area contributed by atoms with Crippen molar-refractivity contribution in [1.29, 1.82) is 0 Å². The maximum Gasteiger partial charge on any atom is 0.281 e. The van der Waals surface area contributed by atoms with Crippen LogP contribution in [0.1, 0.15) is 44.1 Å².